The summed E-state index contributed by atoms with van der Waals surface area (Å²) in [6, 6.07) is 9.90. The van der Waals surface area contributed by atoms with Gasteiger partial charge in [0.1, 0.15) is 0 Å². The van der Waals surface area contributed by atoms with E-state index in [2.05, 4.69) is 5.32 Å². The lowest BCUT2D eigenvalue weighted by Crippen LogP contribution is -2.46. The number of amides is 1. The molecular formula is C20H27NO4. The molecule has 2 fully saturated rings. The number of hydrogen-bond donors (Lipinski definition) is 2. The van der Waals surface area contributed by atoms with Crippen molar-refractivity contribution in [2.45, 2.75) is 43.9 Å². The van der Waals surface area contributed by atoms with Crippen molar-refractivity contribution in [3.63, 3.8) is 0 Å². The average molecular weight is 345 g/mol. The smallest absolute Gasteiger partial charge is 0.308 e. The molecule has 1 aromatic rings. The highest BCUT2D eigenvalue weighted by Crippen LogP contribution is 2.41. The normalized spacial score (nSPS) is 21.6. The Bertz CT molecular complexity index is 589. The van der Waals surface area contributed by atoms with Gasteiger partial charge >= 0.3 is 5.97 Å². The monoisotopic (exact) mass is 345 g/mol. The van der Waals surface area contributed by atoms with Gasteiger partial charge in [-0.15, -0.1) is 0 Å². The lowest BCUT2D eigenvalue weighted by molar-refractivity contribution is -0.145. The van der Waals surface area contributed by atoms with Crippen LogP contribution in [0.15, 0.2) is 30.3 Å². The van der Waals surface area contributed by atoms with Gasteiger partial charge < -0.3 is 15.2 Å². The van der Waals surface area contributed by atoms with E-state index in [1.54, 1.807) is 0 Å². The van der Waals surface area contributed by atoms with Gasteiger partial charge in [0, 0.05) is 19.8 Å². The predicted octanol–water partition coefficient (Wildman–Crippen LogP) is 2.74. The summed E-state index contributed by atoms with van der Waals surface area (Å²) in [6.45, 7) is 1.42. The summed E-state index contributed by atoms with van der Waals surface area (Å²) in [5.74, 6) is -1.31. The fourth-order valence-corrected chi connectivity index (χ4v) is 4.33. The summed E-state index contributed by atoms with van der Waals surface area (Å²) in [5, 5.41) is 12.6. The minimum absolute atomic E-state index is 0.0190. The van der Waals surface area contributed by atoms with Crippen molar-refractivity contribution in [2.24, 2.45) is 11.8 Å². The van der Waals surface area contributed by atoms with Crippen molar-refractivity contribution in [1.82, 2.24) is 5.32 Å². The molecule has 5 nitrogen and oxygen atoms in total. The molecule has 3 rings (SSSR count). The first-order chi connectivity index (χ1) is 12.1. The number of nitrogens with one attached hydrogen (secondary N) is 1. The van der Waals surface area contributed by atoms with Crippen LogP contribution in [0.4, 0.5) is 0 Å². The Morgan fingerprint density at radius 1 is 1.16 bits per heavy atom. The zero-order chi connectivity index (χ0) is 17.7. The fourth-order valence-electron chi connectivity index (χ4n) is 4.33. The Balaban J connectivity index is 1.70. The van der Waals surface area contributed by atoms with Gasteiger partial charge in [-0.1, -0.05) is 43.2 Å². The van der Waals surface area contributed by atoms with Gasteiger partial charge in [0.25, 0.3) is 0 Å². The van der Waals surface area contributed by atoms with Crippen LogP contribution >= 0.6 is 0 Å². The highest BCUT2D eigenvalue weighted by molar-refractivity contribution is 5.89. The van der Waals surface area contributed by atoms with Crippen LogP contribution in [0.2, 0.25) is 0 Å². The molecule has 1 unspecified atom stereocenters. The summed E-state index contributed by atoms with van der Waals surface area (Å²) in [7, 11) is 0. The maximum absolute atomic E-state index is 13.0. The van der Waals surface area contributed by atoms with Gasteiger partial charge in [0.15, 0.2) is 0 Å². The summed E-state index contributed by atoms with van der Waals surface area (Å²) >= 11 is 0. The third-order valence-electron chi connectivity index (χ3n) is 5.85. The van der Waals surface area contributed by atoms with Crippen LogP contribution < -0.4 is 5.32 Å². The zero-order valence-electron chi connectivity index (χ0n) is 14.6. The van der Waals surface area contributed by atoms with E-state index in [0.717, 1.165) is 44.1 Å². The van der Waals surface area contributed by atoms with E-state index < -0.39 is 17.3 Å². The first-order valence-electron chi connectivity index (χ1n) is 9.28. The summed E-state index contributed by atoms with van der Waals surface area (Å²) in [4.78, 5) is 24.7. The van der Waals surface area contributed by atoms with Crippen LogP contribution in [-0.2, 0) is 19.7 Å². The second-order valence-electron chi connectivity index (χ2n) is 7.26. The van der Waals surface area contributed by atoms with Gasteiger partial charge in [-0.2, -0.15) is 0 Å². The molecule has 2 N–H and O–H groups in total. The molecule has 1 aliphatic heterocycles. The molecule has 136 valence electrons. The SMILES string of the molecule is O=C(O)C(CNC(=O)C1(c2ccccc2)CCCC1)C1CCOCC1. The minimum Gasteiger partial charge on any atom is -0.481 e. The summed E-state index contributed by atoms with van der Waals surface area (Å²) < 4.78 is 5.33. The maximum Gasteiger partial charge on any atom is 0.308 e. The molecule has 2 aliphatic rings. The number of carboxylic acids is 1. The molecule has 25 heavy (non-hydrogen) atoms. The molecule has 1 saturated carbocycles. The maximum atomic E-state index is 13.0. The van der Waals surface area contributed by atoms with Gasteiger partial charge in [-0.25, -0.2) is 0 Å². The highest BCUT2D eigenvalue weighted by atomic mass is 16.5. The standard InChI is InChI=1S/C20H27NO4/c22-18(23)17(15-8-12-25-13-9-15)14-21-19(24)20(10-4-5-11-20)16-6-2-1-3-7-16/h1-3,6-7,15,17H,4-5,8-14H2,(H,21,24)(H,22,23). The van der Waals surface area contributed by atoms with E-state index in [-0.39, 0.29) is 18.4 Å². The molecular weight excluding hydrogens is 318 g/mol. The third-order valence-corrected chi connectivity index (χ3v) is 5.85. The molecule has 1 aromatic carbocycles. The van der Waals surface area contributed by atoms with Crippen molar-refractivity contribution < 1.29 is 19.4 Å². The summed E-state index contributed by atoms with van der Waals surface area (Å²) in [5.41, 5.74) is 0.544. The average Bonchev–Trinajstić information content (AvgIpc) is 3.14. The van der Waals surface area contributed by atoms with E-state index in [0.29, 0.717) is 13.2 Å². The number of carbonyl (C=O) groups is 2. The van der Waals surface area contributed by atoms with Crippen molar-refractivity contribution in [1.29, 1.82) is 0 Å². The second kappa shape index (κ2) is 8.00. The number of aliphatic carboxylic acids is 1. The first-order valence-corrected chi connectivity index (χ1v) is 9.28. The van der Waals surface area contributed by atoms with Crippen LogP contribution in [0, 0.1) is 11.8 Å². The van der Waals surface area contributed by atoms with Crippen molar-refractivity contribution >= 4 is 11.9 Å². The van der Waals surface area contributed by atoms with E-state index >= 15 is 0 Å². The molecule has 0 bridgehead atoms. The predicted molar refractivity (Wildman–Crippen MR) is 94.3 cm³/mol. The Hall–Kier alpha value is -1.88. The van der Waals surface area contributed by atoms with Gasteiger partial charge in [-0.3, -0.25) is 9.59 Å². The fraction of sp³-hybridized carbons (Fsp3) is 0.600. The Morgan fingerprint density at radius 3 is 2.40 bits per heavy atom. The zero-order valence-corrected chi connectivity index (χ0v) is 14.6. The number of benzene rings is 1. The molecule has 1 atom stereocenters. The lowest BCUT2D eigenvalue weighted by atomic mass is 9.77. The minimum atomic E-state index is -0.826. The second-order valence-corrected chi connectivity index (χ2v) is 7.26. The molecule has 0 aromatic heterocycles. The lowest BCUT2D eigenvalue weighted by Gasteiger charge is -2.31. The van der Waals surface area contributed by atoms with E-state index in [1.165, 1.54) is 0 Å². The summed E-state index contributed by atoms with van der Waals surface area (Å²) in [6.07, 6.45) is 5.22. The largest absolute Gasteiger partial charge is 0.481 e. The molecule has 5 heteroatoms. The van der Waals surface area contributed by atoms with E-state index in [4.69, 9.17) is 4.74 Å². The van der Waals surface area contributed by atoms with Crippen molar-refractivity contribution in [3.8, 4) is 0 Å². The van der Waals surface area contributed by atoms with Gasteiger partial charge in [0.2, 0.25) is 5.91 Å². The Morgan fingerprint density at radius 2 is 1.80 bits per heavy atom. The molecule has 1 heterocycles. The van der Waals surface area contributed by atoms with Gasteiger partial charge in [-0.05, 0) is 37.2 Å². The molecule has 1 amide bonds. The number of carbonyl (C=O) groups excluding carboxylic acids is 1. The molecule has 1 aliphatic carbocycles. The van der Waals surface area contributed by atoms with Crippen molar-refractivity contribution in [3.05, 3.63) is 35.9 Å². The highest BCUT2D eigenvalue weighted by Gasteiger charge is 2.43. The first kappa shape index (κ1) is 17.9. The Kier molecular flexibility index (Phi) is 5.74. The number of hydrogen-bond acceptors (Lipinski definition) is 3. The van der Waals surface area contributed by atoms with E-state index in [9.17, 15) is 14.7 Å². The topological polar surface area (TPSA) is 75.6 Å². The van der Waals surface area contributed by atoms with Crippen LogP contribution in [-0.4, -0.2) is 36.7 Å². The number of carboxylic acid groups (broad SMARTS) is 1. The van der Waals surface area contributed by atoms with Crippen LogP contribution in [0.25, 0.3) is 0 Å². The van der Waals surface area contributed by atoms with Gasteiger partial charge in [0.05, 0.1) is 11.3 Å². The number of rotatable bonds is 6. The molecule has 0 radical (unpaired) electrons. The molecule has 0 spiro atoms. The van der Waals surface area contributed by atoms with Crippen LogP contribution in [0.1, 0.15) is 44.1 Å². The van der Waals surface area contributed by atoms with E-state index in [1.807, 2.05) is 30.3 Å². The molecule has 1 saturated heterocycles. The Labute approximate surface area is 148 Å². The third kappa shape index (κ3) is 3.87. The number of ether oxygens (including phenoxy) is 1. The van der Waals surface area contributed by atoms with Crippen molar-refractivity contribution in [2.75, 3.05) is 19.8 Å². The van der Waals surface area contributed by atoms with Crippen LogP contribution in [0.3, 0.4) is 0 Å². The van der Waals surface area contributed by atoms with Crippen LogP contribution in [0.5, 0.6) is 0 Å². The quantitative estimate of drug-likeness (QED) is 0.831.